The molecule has 1 saturated heterocycles. The summed E-state index contributed by atoms with van der Waals surface area (Å²) in [6.07, 6.45) is -5.14. The third kappa shape index (κ3) is 1.98. The third-order valence-electron chi connectivity index (χ3n) is 2.28. The molecule has 0 saturated carbocycles. The molecule has 0 spiro atoms. The highest BCUT2D eigenvalue weighted by molar-refractivity contribution is 4.91. The van der Waals surface area contributed by atoms with Crippen LogP contribution in [0.5, 0.6) is 0 Å². The second-order valence-corrected chi connectivity index (χ2v) is 3.16. The lowest BCUT2D eigenvalue weighted by Gasteiger charge is -2.38. The van der Waals surface area contributed by atoms with Crippen molar-refractivity contribution in [1.29, 1.82) is 0 Å². The van der Waals surface area contributed by atoms with Gasteiger partial charge in [0.15, 0.2) is 0 Å². The van der Waals surface area contributed by atoms with Gasteiger partial charge in [0.1, 0.15) is 37.1 Å². The molecule has 0 bridgehead atoms. The molecule has 6 heteroatoms. The number of quaternary nitrogens is 1. The van der Waals surface area contributed by atoms with Gasteiger partial charge in [-0.15, -0.1) is 0 Å². The van der Waals surface area contributed by atoms with Crippen LogP contribution < -0.4 is 5.73 Å². The van der Waals surface area contributed by atoms with Crippen LogP contribution in [0.3, 0.4) is 0 Å². The van der Waals surface area contributed by atoms with Crippen LogP contribution in [0.4, 0.5) is 0 Å². The summed E-state index contributed by atoms with van der Waals surface area (Å²) in [4.78, 5) is 0. The molecule has 78 valence electrons. The van der Waals surface area contributed by atoms with Gasteiger partial charge >= 0.3 is 0 Å². The molecule has 4 unspecified atom stereocenters. The van der Waals surface area contributed by atoms with E-state index < -0.39 is 30.5 Å². The van der Waals surface area contributed by atoms with Crippen LogP contribution in [0.2, 0.25) is 0 Å². The summed E-state index contributed by atoms with van der Waals surface area (Å²) in [5.41, 5.74) is 3.53. The van der Waals surface area contributed by atoms with Crippen molar-refractivity contribution < 1.29 is 30.9 Å². The van der Waals surface area contributed by atoms with Crippen LogP contribution in [-0.2, 0) is 4.74 Å². The van der Waals surface area contributed by atoms with Gasteiger partial charge in [0, 0.05) is 0 Å². The van der Waals surface area contributed by atoms with E-state index in [0.29, 0.717) is 0 Å². The molecule has 0 radical (unpaired) electrons. The second-order valence-electron chi connectivity index (χ2n) is 3.16. The Bertz CT molecular complexity index is 147. The highest BCUT2D eigenvalue weighted by Gasteiger charge is 2.43. The van der Waals surface area contributed by atoms with E-state index in [1.807, 2.05) is 0 Å². The predicted octanol–water partition coefficient (Wildman–Crippen LogP) is -3.93. The van der Waals surface area contributed by atoms with E-state index in [9.17, 15) is 15.3 Å². The van der Waals surface area contributed by atoms with E-state index in [1.54, 1.807) is 0 Å². The maximum absolute atomic E-state index is 9.36. The maximum atomic E-state index is 9.36. The minimum absolute atomic E-state index is 0.279. The van der Waals surface area contributed by atoms with Gasteiger partial charge in [-0.25, -0.2) is 0 Å². The van der Waals surface area contributed by atoms with Crippen LogP contribution in [0, 0.1) is 0 Å². The van der Waals surface area contributed by atoms with Crippen LogP contribution in [0.15, 0.2) is 0 Å². The van der Waals surface area contributed by atoms with Crippen LogP contribution >= 0.6 is 0 Å². The first-order valence-corrected chi connectivity index (χ1v) is 4.21. The monoisotopic (exact) mass is 194 g/mol. The first-order chi connectivity index (χ1) is 6.11. The van der Waals surface area contributed by atoms with Gasteiger partial charge in [0.2, 0.25) is 0 Å². The normalized spacial score (nSPS) is 46.4. The molecule has 13 heavy (non-hydrogen) atoms. The molecule has 7 N–H and O–H groups in total. The van der Waals surface area contributed by atoms with Crippen molar-refractivity contribution in [2.24, 2.45) is 0 Å². The number of hydrogen-bond donors (Lipinski definition) is 5. The molecule has 1 rings (SSSR count). The lowest BCUT2D eigenvalue weighted by atomic mass is 9.95. The van der Waals surface area contributed by atoms with Gasteiger partial charge in [-0.1, -0.05) is 0 Å². The fourth-order valence-electron chi connectivity index (χ4n) is 1.42. The molecule has 1 aliphatic heterocycles. The van der Waals surface area contributed by atoms with Crippen molar-refractivity contribution in [3.05, 3.63) is 0 Å². The summed E-state index contributed by atoms with van der Waals surface area (Å²) < 4.78 is 5.11. The SMILES string of the molecule is [NH3+]C[C@H]1OC(CO)C(O)C(O)C1O. The van der Waals surface area contributed by atoms with Crippen molar-refractivity contribution in [2.45, 2.75) is 30.5 Å². The fourth-order valence-corrected chi connectivity index (χ4v) is 1.42. The Morgan fingerprint density at radius 3 is 2.00 bits per heavy atom. The number of aliphatic hydroxyl groups excluding tert-OH is 4. The van der Waals surface area contributed by atoms with Gasteiger partial charge in [-0.05, 0) is 0 Å². The number of aliphatic hydroxyl groups is 4. The quantitative estimate of drug-likeness (QED) is 0.308. The molecule has 1 fully saturated rings. The Kier molecular flexibility index (Phi) is 3.60. The lowest BCUT2D eigenvalue weighted by Crippen LogP contribution is -2.67. The minimum Gasteiger partial charge on any atom is -0.394 e. The van der Waals surface area contributed by atoms with Crippen molar-refractivity contribution in [2.75, 3.05) is 13.2 Å². The summed E-state index contributed by atoms with van der Waals surface area (Å²) >= 11 is 0. The average Bonchev–Trinajstić information content (AvgIpc) is 2.15. The van der Waals surface area contributed by atoms with Gasteiger partial charge < -0.3 is 30.9 Å². The Morgan fingerprint density at radius 1 is 1.00 bits per heavy atom. The average molecular weight is 194 g/mol. The van der Waals surface area contributed by atoms with Crippen LogP contribution in [-0.4, -0.2) is 64.1 Å². The van der Waals surface area contributed by atoms with E-state index >= 15 is 0 Å². The van der Waals surface area contributed by atoms with Gasteiger partial charge in [0.05, 0.1) is 6.61 Å². The Morgan fingerprint density at radius 2 is 1.54 bits per heavy atom. The van der Waals surface area contributed by atoms with E-state index in [1.165, 1.54) is 0 Å². The number of hydrogen-bond acceptors (Lipinski definition) is 5. The van der Waals surface area contributed by atoms with Gasteiger partial charge in [-0.3, -0.25) is 0 Å². The molecule has 5 atom stereocenters. The summed E-state index contributed by atoms with van der Waals surface area (Å²) in [7, 11) is 0. The molecule has 0 aromatic heterocycles. The predicted molar refractivity (Wildman–Crippen MR) is 41.5 cm³/mol. The van der Waals surface area contributed by atoms with Crippen molar-refractivity contribution in [3.8, 4) is 0 Å². The number of ether oxygens (including phenoxy) is 1. The van der Waals surface area contributed by atoms with Crippen LogP contribution in [0.25, 0.3) is 0 Å². The van der Waals surface area contributed by atoms with Gasteiger partial charge in [0.25, 0.3) is 0 Å². The first-order valence-electron chi connectivity index (χ1n) is 4.21. The Balaban J connectivity index is 2.66. The third-order valence-corrected chi connectivity index (χ3v) is 2.28. The largest absolute Gasteiger partial charge is 0.394 e. The molecule has 0 aliphatic carbocycles. The zero-order chi connectivity index (χ0) is 10.0. The van der Waals surface area contributed by atoms with Gasteiger partial charge in [-0.2, -0.15) is 0 Å². The summed E-state index contributed by atoms with van der Waals surface area (Å²) in [5, 5.41) is 36.8. The van der Waals surface area contributed by atoms with E-state index in [-0.39, 0.29) is 13.2 Å². The zero-order valence-electron chi connectivity index (χ0n) is 7.21. The second kappa shape index (κ2) is 4.32. The molecule has 0 aromatic rings. The Labute approximate surface area is 75.6 Å². The first kappa shape index (κ1) is 10.8. The molecule has 1 heterocycles. The Hall–Kier alpha value is -0.240. The highest BCUT2D eigenvalue weighted by Crippen LogP contribution is 2.19. The zero-order valence-corrected chi connectivity index (χ0v) is 7.21. The van der Waals surface area contributed by atoms with Crippen molar-refractivity contribution in [3.63, 3.8) is 0 Å². The topological polar surface area (TPSA) is 118 Å². The van der Waals surface area contributed by atoms with Crippen molar-refractivity contribution >= 4 is 0 Å². The summed E-state index contributed by atoms with van der Waals surface area (Å²) in [5.74, 6) is 0. The van der Waals surface area contributed by atoms with E-state index in [4.69, 9.17) is 9.84 Å². The molecular weight excluding hydrogens is 178 g/mol. The number of rotatable bonds is 2. The fraction of sp³-hybridized carbons (Fsp3) is 1.00. The van der Waals surface area contributed by atoms with E-state index in [0.717, 1.165) is 0 Å². The van der Waals surface area contributed by atoms with E-state index in [2.05, 4.69) is 5.73 Å². The highest BCUT2D eigenvalue weighted by atomic mass is 16.5. The summed E-state index contributed by atoms with van der Waals surface area (Å²) in [6, 6.07) is 0. The molecule has 0 amide bonds. The van der Waals surface area contributed by atoms with Crippen LogP contribution in [0.1, 0.15) is 0 Å². The van der Waals surface area contributed by atoms with Crippen molar-refractivity contribution in [1.82, 2.24) is 0 Å². The molecular formula is C7H16NO5+. The standard InChI is InChI=1S/C7H15NO5/c8-1-3-5(10)7(12)6(11)4(2-9)13-3/h3-7,9-12H,1-2,8H2/p+1/t3-,4?,5?,6?,7?/m1/s1. The maximum Gasteiger partial charge on any atom is 0.135 e. The minimum atomic E-state index is -1.28. The molecule has 0 aromatic carbocycles. The smallest absolute Gasteiger partial charge is 0.135 e. The molecule has 6 nitrogen and oxygen atoms in total. The summed E-state index contributed by atoms with van der Waals surface area (Å²) in [6.45, 7) is -0.108. The lowest BCUT2D eigenvalue weighted by molar-refractivity contribution is -0.403. The molecule has 1 aliphatic rings.